The van der Waals surface area contributed by atoms with E-state index in [1.54, 1.807) is 4.52 Å². The minimum atomic E-state index is -0.133. The Morgan fingerprint density at radius 2 is 1.77 bits per heavy atom. The molecule has 11 heteroatoms. The molecule has 6 rings (SSSR count). The summed E-state index contributed by atoms with van der Waals surface area (Å²) in [5.74, 6) is 1.23. The zero-order valence-corrected chi connectivity index (χ0v) is 22.6. The first-order valence-electron chi connectivity index (χ1n) is 12.8. The first kappa shape index (κ1) is 25.0. The number of piperazine rings is 1. The van der Waals surface area contributed by atoms with E-state index in [1.807, 2.05) is 79.9 Å². The minimum Gasteiger partial charge on any atom is -0.369 e. The molecule has 3 aromatic heterocycles. The quantitative estimate of drug-likeness (QED) is 0.274. The van der Waals surface area contributed by atoms with Crippen LogP contribution in [-0.4, -0.2) is 68.8 Å². The van der Waals surface area contributed by atoms with Crippen molar-refractivity contribution in [2.45, 2.75) is 17.0 Å². The Hall–Kier alpha value is -4.35. The molecule has 2 aromatic carbocycles. The van der Waals surface area contributed by atoms with Crippen LogP contribution in [0.15, 0.2) is 83.0 Å². The van der Waals surface area contributed by atoms with Gasteiger partial charge >= 0.3 is 0 Å². The third-order valence-corrected chi connectivity index (χ3v) is 7.51. The molecule has 1 saturated heterocycles. The fourth-order valence-electron chi connectivity index (χ4n) is 4.46. The fourth-order valence-corrected chi connectivity index (χ4v) is 5.21. The van der Waals surface area contributed by atoms with Gasteiger partial charge in [0.2, 0.25) is 5.16 Å². The standard InChI is InChI=1S/C28H29N9OS/c1-19-18-25(33-32-19)30-26-24-4-3-13-37(24)34-28(31-26)39-23-11-7-21(8-12-23)29-27(38)20-5-9-22(10-6-20)36-16-14-35(2)15-17-36/h3-13,18H,14-17H2,1-2H3,(H,29,38)(H2,30,31,32,33,34). The van der Waals surface area contributed by atoms with Gasteiger partial charge in [0.25, 0.3) is 5.91 Å². The topological polar surface area (TPSA) is 106 Å². The van der Waals surface area contributed by atoms with Crippen molar-refractivity contribution in [3.05, 3.63) is 84.2 Å². The summed E-state index contributed by atoms with van der Waals surface area (Å²) < 4.78 is 1.79. The molecule has 4 heterocycles. The van der Waals surface area contributed by atoms with Crippen LogP contribution in [0.1, 0.15) is 16.1 Å². The summed E-state index contributed by atoms with van der Waals surface area (Å²) in [5.41, 5.74) is 4.33. The van der Waals surface area contributed by atoms with E-state index in [9.17, 15) is 4.79 Å². The molecular formula is C28H29N9OS. The van der Waals surface area contributed by atoms with Gasteiger partial charge in [-0.15, -0.1) is 5.10 Å². The van der Waals surface area contributed by atoms with Crippen LogP contribution in [0.5, 0.6) is 0 Å². The lowest BCUT2D eigenvalue weighted by Crippen LogP contribution is -2.44. The van der Waals surface area contributed by atoms with Crippen molar-refractivity contribution in [2.75, 3.05) is 48.8 Å². The highest BCUT2D eigenvalue weighted by molar-refractivity contribution is 7.99. The van der Waals surface area contributed by atoms with E-state index in [0.29, 0.717) is 22.4 Å². The Morgan fingerprint density at radius 1 is 1.00 bits per heavy atom. The van der Waals surface area contributed by atoms with E-state index >= 15 is 0 Å². The highest BCUT2D eigenvalue weighted by Crippen LogP contribution is 2.29. The molecule has 0 unspecified atom stereocenters. The van der Waals surface area contributed by atoms with Gasteiger partial charge in [0.15, 0.2) is 11.6 Å². The summed E-state index contributed by atoms with van der Waals surface area (Å²) in [5, 5.41) is 18.6. The van der Waals surface area contributed by atoms with Crippen LogP contribution in [0.2, 0.25) is 0 Å². The number of aromatic nitrogens is 5. The summed E-state index contributed by atoms with van der Waals surface area (Å²) in [4.78, 5) is 23.2. The first-order valence-corrected chi connectivity index (χ1v) is 13.6. The maximum absolute atomic E-state index is 12.8. The van der Waals surface area contributed by atoms with Gasteiger partial charge in [-0.05, 0) is 86.4 Å². The number of nitrogens with one attached hydrogen (secondary N) is 3. The number of rotatable bonds is 7. The Balaban J connectivity index is 1.11. The van der Waals surface area contributed by atoms with E-state index < -0.39 is 0 Å². The number of carbonyl (C=O) groups is 1. The van der Waals surface area contributed by atoms with Crippen molar-refractivity contribution in [3.8, 4) is 0 Å². The second-order valence-corrected chi connectivity index (χ2v) is 10.6. The maximum atomic E-state index is 12.8. The van der Waals surface area contributed by atoms with Crippen LogP contribution in [0.3, 0.4) is 0 Å². The molecule has 1 aliphatic heterocycles. The average Bonchev–Trinajstić information content (AvgIpc) is 3.59. The van der Waals surface area contributed by atoms with E-state index in [-0.39, 0.29) is 5.91 Å². The lowest BCUT2D eigenvalue weighted by molar-refractivity contribution is 0.102. The molecule has 198 valence electrons. The van der Waals surface area contributed by atoms with Gasteiger partial charge in [-0.3, -0.25) is 9.89 Å². The molecule has 1 aliphatic rings. The summed E-state index contributed by atoms with van der Waals surface area (Å²) in [6.07, 6.45) is 1.89. The number of likely N-dealkylation sites (N-methyl/N-ethyl adjacent to an activating group) is 1. The molecule has 0 saturated carbocycles. The highest BCUT2D eigenvalue weighted by Gasteiger charge is 2.15. The predicted molar refractivity (Wildman–Crippen MR) is 154 cm³/mol. The Morgan fingerprint density at radius 3 is 2.49 bits per heavy atom. The largest absolute Gasteiger partial charge is 0.369 e. The number of hydrogen-bond donors (Lipinski definition) is 3. The van der Waals surface area contributed by atoms with Crippen molar-refractivity contribution in [1.29, 1.82) is 0 Å². The lowest BCUT2D eigenvalue weighted by atomic mass is 10.1. The summed E-state index contributed by atoms with van der Waals surface area (Å²) in [6, 6.07) is 21.3. The number of benzene rings is 2. The van der Waals surface area contributed by atoms with Crippen molar-refractivity contribution in [2.24, 2.45) is 0 Å². The van der Waals surface area contributed by atoms with Gasteiger partial charge < -0.3 is 20.4 Å². The van der Waals surface area contributed by atoms with Crippen LogP contribution in [0.4, 0.5) is 23.0 Å². The smallest absolute Gasteiger partial charge is 0.255 e. The number of anilines is 4. The van der Waals surface area contributed by atoms with Gasteiger partial charge in [0.05, 0.1) is 0 Å². The molecule has 3 N–H and O–H groups in total. The van der Waals surface area contributed by atoms with E-state index in [4.69, 9.17) is 4.98 Å². The van der Waals surface area contributed by atoms with Crippen LogP contribution in [0, 0.1) is 6.92 Å². The molecule has 0 atom stereocenters. The third kappa shape index (κ3) is 5.74. The monoisotopic (exact) mass is 539 g/mol. The van der Waals surface area contributed by atoms with Crippen molar-refractivity contribution in [3.63, 3.8) is 0 Å². The van der Waals surface area contributed by atoms with Gasteiger partial charge in [-0.2, -0.15) is 5.10 Å². The highest BCUT2D eigenvalue weighted by atomic mass is 32.2. The molecule has 10 nitrogen and oxygen atoms in total. The fraction of sp³-hybridized carbons (Fsp3) is 0.214. The lowest BCUT2D eigenvalue weighted by Gasteiger charge is -2.34. The molecular weight excluding hydrogens is 510 g/mol. The van der Waals surface area contributed by atoms with Gasteiger partial charge in [0, 0.05) is 66.0 Å². The van der Waals surface area contributed by atoms with Gasteiger partial charge in [-0.25, -0.2) is 9.50 Å². The number of carbonyl (C=O) groups excluding carboxylic acids is 1. The summed E-state index contributed by atoms with van der Waals surface area (Å²) in [6.45, 7) is 6.04. The Bertz CT molecular complexity index is 1590. The minimum absolute atomic E-state index is 0.133. The number of fused-ring (bicyclic) bond motifs is 1. The second kappa shape index (κ2) is 10.8. The summed E-state index contributed by atoms with van der Waals surface area (Å²) in [7, 11) is 2.14. The SMILES string of the molecule is Cc1cc(Nc2nc(Sc3ccc(NC(=O)c4ccc(N5CCN(C)CC5)cc4)cc3)nn3cccc23)n[nH]1. The molecule has 0 radical (unpaired) electrons. The third-order valence-electron chi connectivity index (χ3n) is 6.64. The molecule has 1 fully saturated rings. The van der Waals surface area contributed by atoms with E-state index in [2.05, 4.69) is 42.8 Å². The second-order valence-electron chi connectivity index (χ2n) is 9.56. The number of nitrogens with zero attached hydrogens (tertiary/aromatic N) is 6. The van der Waals surface area contributed by atoms with Crippen LogP contribution in [-0.2, 0) is 0 Å². The maximum Gasteiger partial charge on any atom is 0.255 e. The Kier molecular flexibility index (Phi) is 6.91. The first-order chi connectivity index (χ1) is 19.0. The molecule has 39 heavy (non-hydrogen) atoms. The van der Waals surface area contributed by atoms with Gasteiger partial charge in [-0.1, -0.05) is 0 Å². The number of amides is 1. The van der Waals surface area contributed by atoms with Crippen molar-refractivity contribution < 1.29 is 4.79 Å². The number of H-pyrrole nitrogens is 1. The molecule has 0 aliphatic carbocycles. The average molecular weight is 540 g/mol. The van der Waals surface area contributed by atoms with Gasteiger partial charge in [0.1, 0.15) is 5.52 Å². The van der Waals surface area contributed by atoms with Crippen molar-refractivity contribution in [1.82, 2.24) is 29.7 Å². The van der Waals surface area contributed by atoms with Crippen LogP contribution >= 0.6 is 11.8 Å². The van der Waals surface area contributed by atoms with Crippen molar-refractivity contribution >= 4 is 46.2 Å². The van der Waals surface area contributed by atoms with E-state index in [0.717, 1.165) is 53.7 Å². The van der Waals surface area contributed by atoms with E-state index in [1.165, 1.54) is 11.8 Å². The molecule has 1 amide bonds. The zero-order chi connectivity index (χ0) is 26.8. The summed E-state index contributed by atoms with van der Waals surface area (Å²) >= 11 is 1.44. The van der Waals surface area contributed by atoms with Crippen LogP contribution in [0.25, 0.3) is 5.52 Å². The zero-order valence-electron chi connectivity index (χ0n) is 21.8. The number of aromatic amines is 1. The molecule has 0 spiro atoms. The Labute approximate surface area is 230 Å². The normalized spacial score (nSPS) is 14.1. The molecule has 5 aromatic rings. The molecule has 0 bridgehead atoms. The van der Waals surface area contributed by atoms with Crippen LogP contribution < -0.4 is 15.5 Å². The number of aryl methyl sites for hydroxylation is 1. The number of hydrogen-bond acceptors (Lipinski definition) is 8. The predicted octanol–water partition coefficient (Wildman–Crippen LogP) is 4.66.